The van der Waals surface area contributed by atoms with Gasteiger partial charge in [0.15, 0.2) is 0 Å². The number of aryl methyl sites for hydroxylation is 2. The van der Waals surface area contributed by atoms with Crippen molar-refractivity contribution in [3.63, 3.8) is 0 Å². The Balaban J connectivity index is 1.55. The summed E-state index contributed by atoms with van der Waals surface area (Å²) in [7, 11) is 1.66. The molecule has 1 fully saturated rings. The first kappa shape index (κ1) is 21.3. The van der Waals surface area contributed by atoms with Crippen molar-refractivity contribution in [2.45, 2.75) is 19.9 Å². The molecule has 6 nitrogen and oxygen atoms in total. The first-order chi connectivity index (χ1) is 15.0. The largest absolute Gasteiger partial charge is 0.497 e. The highest BCUT2D eigenvalue weighted by molar-refractivity contribution is 5.98. The zero-order valence-corrected chi connectivity index (χ0v) is 18.4. The van der Waals surface area contributed by atoms with Gasteiger partial charge in [0, 0.05) is 25.0 Å². The Morgan fingerprint density at radius 2 is 1.87 bits per heavy atom. The minimum Gasteiger partial charge on any atom is -0.497 e. The summed E-state index contributed by atoms with van der Waals surface area (Å²) in [4.78, 5) is 20.1. The fourth-order valence-electron chi connectivity index (χ4n) is 4.08. The molecular formula is C25H29N3O3. The molecule has 1 amide bonds. The van der Waals surface area contributed by atoms with Gasteiger partial charge in [0.25, 0.3) is 5.91 Å². The molecule has 31 heavy (non-hydrogen) atoms. The molecule has 0 aliphatic carbocycles. The van der Waals surface area contributed by atoms with Gasteiger partial charge in [0.05, 0.1) is 43.1 Å². The lowest BCUT2D eigenvalue weighted by atomic mass is 10.0. The molecule has 6 heteroatoms. The number of rotatable bonds is 6. The summed E-state index contributed by atoms with van der Waals surface area (Å²) in [5.41, 5.74) is 4.56. The van der Waals surface area contributed by atoms with Crippen LogP contribution >= 0.6 is 0 Å². The number of methoxy groups -OCH3 is 1. The van der Waals surface area contributed by atoms with Crippen LogP contribution in [0.3, 0.4) is 0 Å². The van der Waals surface area contributed by atoms with Gasteiger partial charge in [-0.2, -0.15) is 0 Å². The Morgan fingerprint density at radius 1 is 1.13 bits per heavy atom. The Labute approximate surface area is 183 Å². The number of morpholine rings is 1. The Morgan fingerprint density at radius 3 is 2.58 bits per heavy atom. The van der Waals surface area contributed by atoms with Crippen LogP contribution in [-0.2, 0) is 4.74 Å². The van der Waals surface area contributed by atoms with Crippen LogP contribution in [0.25, 0.3) is 10.9 Å². The first-order valence-electron chi connectivity index (χ1n) is 10.7. The minimum atomic E-state index is -0.0971. The second-order valence-corrected chi connectivity index (χ2v) is 7.96. The Bertz CT molecular complexity index is 1060. The zero-order chi connectivity index (χ0) is 21.8. The maximum atomic E-state index is 13.1. The average molecular weight is 420 g/mol. The van der Waals surface area contributed by atoms with Crippen molar-refractivity contribution in [2.24, 2.45) is 0 Å². The van der Waals surface area contributed by atoms with Gasteiger partial charge in [-0.15, -0.1) is 0 Å². The molecule has 0 saturated carbocycles. The molecular weight excluding hydrogens is 390 g/mol. The number of nitrogens with zero attached hydrogens (tertiary/aromatic N) is 2. The Hall–Kier alpha value is -2.96. The lowest BCUT2D eigenvalue weighted by Crippen LogP contribution is -2.43. The van der Waals surface area contributed by atoms with E-state index >= 15 is 0 Å². The first-order valence-corrected chi connectivity index (χ1v) is 10.7. The number of hydrogen-bond acceptors (Lipinski definition) is 5. The second-order valence-electron chi connectivity index (χ2n) is 7.96. The van der Waals surface area contributed by atoms with Gasteiger partial charge in [-0.05, 0) is 49.7 Å². The van der Waals surface area contributed by atoms with E-state index in [1.165, 1.54) is 0 Å². The summed E-state index contributed by atoms with van der Waals surface area (Å²) < 4.78 is 10.8. The number of nitrogens with one attached hydrogen (secondary N) is 1. The molecule has 0 spiro atoms. The van der Waals surface area contributed by atoms with Gasteiger partial charge < -0.3 is 14.8 Å². The summed E-state index contributed by atoms with van der Waals surface area (Å²) in [5, 5.41) is 4.13. The van der Waals surface area contributed by atoms with Gasteiger partial charge >= 0.3 is 0 Å². The molecule has 0 radical (unpaired) electrons. The molecule has 1 aromatic heterocycles. The predicted molar refractivity (Wildman–Crippen MR) is 122 cm³/mol. The molecule has 0 bridgehead atoms. The number of carbonyl (C=O) groups excluding carboxylic acids is 1. The highest BCUT2D eigenvalue weighted by atomic mass is 16.5. The van der Waals surface area contributed by atoms with Crippen molar-refractivity contribution in [1.29, 1.82) is 0 Å². The molecule has 162 valence electrons. The summed E-state index contributed by atoms with van der Waals surface area (Å²) in [5.74, 6) is 0.724. The van der Waals surface area contributed by atoms with Crippen LogP contribution in [0.1, 0.15) is 33.2 Å². The van der Waals surface area contributed by atoms with E-state index in [0.717, 1.165) is 46.6 Å². The third-order valence-corrected chi connectivity index (χ3v) is 5.85. The highest BCUT2D eigenvalue weighted by Gasteiger charge is 2.24. The van der Waals surface area contributed by atoms with Crippen molar-refractivity contribution in [2.75, 3.05) is 40.0 Å². The van der Waals surface area contributed by atoms with Gasteiger partial charge in [-0.25, -0.2) is 0 Å². The molecule has 1 N–H and O–H groups in total. The SMILES string of the molecule is COc1ccc([C@@H](CNC(=O)c2cc3cc(C)ccc3nc2C)N2CCOCC2)cc1. The fourth-order valence-corrected chi connectivity index (χ4v) is 4.08. The molecule has 2 heterocycles. The monoisotopic (exact) mass is 419 g/mol. The van der Waals surface area contributed by atoms with Crippen LogP contribution in [0.15, 0.2) is 48.5 Å². The number of ether oxygens (including phenoxy) is 2. The highest BCUT2D eigenvalue weighted by Crippen LogP contribution is 2.24. The van der Waals surface area contributed by atoms with Crippen molar-refractivity contribution in [3.8, 4) is 5.75 Å². The minimum absolute atomic E-state index is 0.0646. The third kappa shape index (κ3) is 4.86. The van der Waals surface area contributed by atoms with Crippen LogP contribution in [0.2, 0.25) is 0 Å². The van der Waals surface area contributed by atoms with E-state index < -0.39 is 0 Å². The Kier molecular flexibility index (Phi) is 6.49. The van der Waals surface area contributed by atoms with E-state index in [1.54, 1.807) is 7.11 Å². The van der Waals surface area contributed by atoms with Crippen LogP contribution in [-0.4, -0.2) is 55.7 Å². The van der Waals surface area contributed by atoms with Crippen molar-refractivity contribution in [1.82, 2.24) is 15.2 Å². The van der Waals surface area contributed by atoms with Crippen molar-refractivity contribution >= 4 is 16.8 Å². The van der Waals surface area contributed by atoms with Crippen LogP contribution < -0.4 is 10.1 Å². The lowest BCUT2D eigenvalue weighted by molar-refractivity contribution is 0.0162. The van der Waals surface area contributed by atoms with Crippen molar-refractivity contribution in [3.05, 3.63) is 70.9 Å². The summed E-state index contributed by atoms with van der Waals surface area (Å²) in [6, 6.07) is 16.2. The van der Waals surface area contributed by atoms with E-state index in [1.807, 2.05) is 44.2 Å². The van der Waals surface area contributed by atoms with E-state index in [0.29, 0.717) is 25.3 Å². The van der Waals surface area contributed by atoms with E-state index in [2.05, 4.69) is 33.4 Å². The molecule has 1 atom stereocenters. The van der Waals surface area contributed by atoms with E-state index in [4.69, 9.17) is 9.47 Å². The van der Waals surface area contributed by atoms with E-state index in [9.17, 15) is 4.79 Å². The zero-order valence-electron chi connectivity index (χ0n) is 18.4. The summed E-state index contributed by atoms with van der Waals surface area (Å²) in [6.07, 6.45) is 0. The molecule has 4 rings (SSSR count). The van der Waals surface area contributed by atoms with Gasteiger partial charge in [0.1, 0.15) is 5.75 Å². The van der Waals surface area contributed by atoms with Gasteiger partial charge in [-0.3, -0.25) is 14.7 Å². The quantitative estimate of drug-likeness (QED) is 0.661. The number of amides is 1. The number of benzene rings is 2. The average Bonchev–Trinajstić information content (AvgIpc) is 2.80. The molecule has 1 saturated heterocycles. The predicted octanol–water partition coefficient (Wildman–Crippen LogP) is 3.66. The summed E-state index contributed by atoms with van der Waals surface area (Å²) in [6.45, 7) is 7.51. The van der Waals surface area contributed by atoms with Crippen LogP contribution in [0, 0.1) is 13.8 Å². The number of hydrogen-bond donors (Lipinski definition) is 1. The normalized spacial score (nSPS) is 15.6. The number of pyridine rings is 1. The number of aromatic nitrogens is 1. The van der Waals surface area contributed by atoms with E-state index in [-0.39, 0.29) is 11.9 Å². The van der Waals surface area contributed by atoms with Crippen molar-refractivity contribution < 1.29 is 14.3 Å². The fraction of sp³-hybridized carbons (Fsp3) is 0.360. The standard InChI is InChI=1S/C25H29N3O3/c1-17-4-9-23-20(14-17)15-22(18(2)27-23)25(29)26-16-24(28-10-12-31-13-11-28)19-5-7-21(30-3)8-6-19/h4-9,14-15,24H,10-13,16H2,1-3H3,(H,26,29)/t24-/m1/s1. The lowest BCUT2D eigenvalue weighted by Gasteiger charge is -2.35. The maximum Gasteiger partial charge on any atom is 0.253 e. The van der Waals surface area contributed by atoms with Crippen LogP contribution in [0.4, 0.5) is 0 Å². The molecule has 2 aromatic carbocycles. The maximum absolute atomic E-state index is 13.1. The topological polar surface area (TPSA) is 63.7 Å². The number of carbonyl (C=O) groups is 1. The molecule has 3 aromatic rings. The third-order valence-electron chi connectivity index (χ3n) is 5.85. The summed E-state index contributed by atoms with van der Waals surface area (Å²) >= 11 is 0. The van der Waals surface area contributed by atoms with Crippen LogP contribution in [0.5, 0.6) is 5.75 Å². The number of fused-ring (bicyclic) bond motifs is 1. The molecule has 1 aliphatic rings. The van der Waals surface area contributed by atoms with Gasteiger partial charge in [0.2, 0.25) is 0 Å². The van der Waals surface area contributed by atoms with Gasteiger partial charge in [-0.1, -0.05) is 23.8 Å². The second kappa shape index (κ2) is 9.45. The smallest absolute Gasteiger partial charge is 0.253 e. The molecule has 1 aliphatic heterocycles. The molecule has 0 unspecified atom stereocenters.